The van der Waals surface area contributed by atoms with Gasteiger partial charge in [0.05, 0.1) is 44.6 Å². The van der Waals surface area contributed by atoms with Crippen LogP contribution < -0.4 is 20.1 Å². The number of methoxy groups -OCH3 is 2. The van der Waals surface area contributed by atoms with Crippen LogP contribution in [0.1, 0.15) is 0 Å². The van der Waals surface area contributed by atoms with Crippen molar-refractivity contribution in [2.75, 3.05) is 57.7 Å². The van der Waals surface area contributed by atoms with Crippen molar-refractivity contribution in [1.82, 2.24) is 4.31 Å². The van der Waals surface area contributed by atoms with E-state index in [2.05, 4.69) is 10.6 Å². The summed E-state index contributed by atoms with van der Waals surface area (Å²) in [6, 6.07) is 11.5. The zero-order valence-electron chi connectivity index (χ0n) is 16.9. The summed E-state index contributed by atoms with van der Waals surface area (Å²) in [6.45, 7) is 1.37. The largest absolute Gasteiger partial charge is 0.497 e. The highest BCUT2D eigenvalue weighted by Gasteiger charge is 2.26. The van der Waals surface area contributed by atoms with Crippen LogP contribution in [-0.2, 0) is 19.6 Å². The molecule has 0 radical (unpaired) electrons. The molecule has 1 saturated heterocycles. The highest BCUT2D eigenvalue weighted by atomic mass is 32.2. The number of ether oxygens (including phenoxy) is 3. The number of nitrogens with zero attached hydrogens (tertiary/aromatic N) is 1. The van der Waals surface area contributed by atoms with Crippen LogP contribution in [0.2, 0.25) is 0 Å². The SMILES string of the molecule is COc1ccc(NC(=O)CNc2cccc(S(=O)(=O)N3CCOCC3)c2)c(OC)c1. The topological polar surface area (TPSA) is 106 Å². The second kappa shape index (κ2) is 9.79. The van der Waals surface area contributed by atoms with Crippen LogP contribution in [0.15, 0.2) is 47.4 Å². The fourth-order valence-electron chi connectivity index (χ4n) is 2.98. The van der Waals surface area contributed by atoms with Gasteiger partial charge in [-0.3, -0.25) is 4.79 Å². The summed E-state index contributed by atoms with van der Waals surface area (Å²) in [5, 5.41) is 5.71. The van der Waals surface area contributed by atoms with E-state index in [0.29, 0.717) is 49.2 Å². The number of carbonyl (C=O) groups is 1. The van der Waals surface area contributed by atoms with E-state index in [1.807, 2.05) is 0 Å². The third-order valence-electron chi connectivity index (χ3n) is 4.58. The number of amides is 1. The van der Waals surface area contributed by atoms with Crippen molar-refractivity contribution < 1.29 is 27.4 Å². The molecule has 0 bridgehead atoms. The quantitative estimate of drug-likeness (QED) is 0.651. The predicted octanol–water partition coefficient (Wildman–Crippen LogP) is 1.78. The average molecular weight is 436 g/mol. The molecule has 2 aromatic carbocycles. The first-order chi connectivity index (χ1) is 14.4. The lowest BCUT2D eigenvalue weighted by Crippen LogP contribution is -2.40. The van der Waals surface area contributed by atoms with Gasteiger partial charge in [0.15, 0.2) is 0 Å². The molecular weight excluding hydrogens is 410 g/mol. The first-order valence-corrected chi connectivity index (χ1v) is 10.8. The van der Waals surface area contributed by atoms with Crippen molar-refractivity contribution in [3.63, 3.8) is 0 Å². The molecule has 30 heavy (non-hydrogen) atoms. The number of morpholine rings is 1. The maximum absolute atomic E-state index is 12.8. The lowest BCUT2D eigenvalue weighted by molar-refractivity contribution is -0.114. The minimum absolute atomic E-state index is 0.0454. The monoisotopic (exact) mass is 435 g/mol. The van der Waals surface area contributed by atoms with E-state index in [-0.39, 0.29) is 17.3 Å². The maximum atomic E-state index is 12.8. The number of hydrogen-bond acceptors (Lipinski definition) is 7. The minimum Gasteiger partial charge on any atom is -0.497 e. The van der Waals surface area contributed by atoms with Crippen molar-refractivity contribution in [3.8, 4) is 11.5 Å². The van der Waals surface area contributed by atoms with Crippen molar-refractivity contribution in [2.24, 2.45) is 0 Å². The van der Waals surface area contributed by atoms with E-state index < -0.39 is 10.0 Å². The molecule has 1 aliphatic heterocycles. The van der Waals surface area contributed by atoms with E-state index >= 15 is 0 Å². The van der Waals surface area contributed by atoms with Gasteiger partial charge < -0.3 is 24.8 Å². The van der Waals surface area contributed by atoms with Gasteiger partial charge in [-0.1, -0.05) is 6.07 Å². The number of benzene rings is 2. The molecule has 1 aliphatic rings. The molecule has 1 fully saturated rings. The Kier molecular flexibility index (Phi) is 7.14. The number of nitrogens with one attached hydrogen (secondary N) is 2. The van der Waals surface area contributed by atoms with E-state index in [0.717, 1.165) is 0 Å². The Hall–Kier alpha value is -2.82. The first-order valence-electron chi connectivity index (χ1n) is 9.38. The Balaban J connectivity index is 1.64. The molecule has 0 saturated carbocycles. The molecule has 3 rings (SSSR count). The second-order valence-corrected chi connectivity index (χ2v) is 8.45. The zero-order chi connectivity index (χ0) is 21.6. The molecule has 1 amide bonds. The molecule has 10 heteroatoms. The Morgan fingerprint density at radius 2 is 1.87 bits per heavy atom. The molecule has 0 aliphatic carbocycles. The van der Waals surface area contributed by atoms with E-state index in [9.17, 15) is 13.2 Å². The lowest BCUT2D eigenvalue weighted by atomic mass is 10.2. The van der Waals surface area contributed by atoms with Crippen LogP contribution in [0.4, 0.5) is 11.4 Å². The van der Waals surface area contributed by atoms with Gasteiger partial charge in [-0.25, -0.2) is 8.42 Å². The van der Waals surface area contributed by atoms with Gasteiger partial charge >= 0.3 is 0 Å². The summed E-state index contributed by atoms with van der Waals surface area (Å²) >= 11 is 0. The summed E-state index contributed by atoms with van der Waals surface area (Å²) in [5.74, 6) is 0.780. The molecule has 2 aromatic rings. The summed E-state index contributed by atoms with van der Waals surface area (Å²) in [4.78, 5) is 12.5. The van der Waals surface area contributed by atoms with Crippen molar-refractivity contribution in [1.29, 1.82) is 0 Å². The van der Waals surface area contributed by atoms with Gasteiger partial charge in [-0.15, -0.1) is 0 Å². The normalized spacial score (nSPS) is 14.7. The Morgan fingerprint density at radius 3 is 2.57 bits per heavy atom. The molecule has 2 N–H and O–H groups in total. The van der Waals surface area contributed by atoms with Crippen LogP contribution in [0.5, 0.6) is 11.5 Å². The van der Waals surface area contributed by atoms with Gasteiger partial charge in [0, 0.05) is 24.8 Å². The van der Waals surface area contributed by atoms with Crippen molar-refractivity contribution in [3.05, 3.63) is 42.5 Å². The van der Waals surface area contributed by atoms with Crippen LogP contribution >= 0.6 is 0 Å². The molecule has 0 spiro atoms. The highest BCUT2D eigenvalue weighted by molar-refractivity contribution is 7.89. The van der Waals surface area contributed by atoms with Crippen molar-refractivity contribution in [2.45, 2.75) is 4.90 Å². The average Bonchev–Trinajstić information content (AvgIpc) is 2.78. The number of carbonyl (C=O) groups excluding carboxylic acids is 1. The van der Waals surface area contributed by atoms with Gasteiger partial charge in [0.2, 0.25) is 15.9 Å². The summed E-state index contributed by atoms with van der Waals surface area (Å²) in [5.41, 5.74) is 1.04. The number of hydrogen-bond donors (Lipinski definition) is 2. The third kappa shape index (κ3) is 5.21. The molecule has 0 aromatic heterocycles. The highest BCUT2D eigenvalue weighted by Crippen LogP contribution is 2.29. The van der Waals surface area contributed by atoms with Crippen LogP contribution in [0, 0.1) is 0 Å². The zero-order valence-corrected chi connectivity index (χ0v) is 17.7. The lowest BCUT2D eigenvalue weighted by Gasteiger charge is -2.26. The molecule has 162 valence electrons. The van der Waals surface area contributed by atoms with Crippen molar-refractivity contribution >= 4 is 27.3 Å². The Morgan fingerprint density at radius 1 is 1.10 bits per heavy atom. The molecule has 0 atom stereocenters. The standard InChI is InChI=1S/C20H25N3O6S/c1-27-16-6-7-18(19(13-16)28-2)22-20(24)14-21-15-4-3-5-17(12-15)30(25,26)23-8-10-29-11-9-23/h3-7,12-13,21H,8-11,14H2,1-2H3,(H,22,24). The predicted molar refractivity (Wildman–Crippen MR) is 113 cm³/mol. The maximum Gasteiger partial charge on any atom is 0.243 e. The first kappa shape index (κ1) is 21.9. The molecular formula is C20H25N3O6S. The Bertz CT molecular complexity index is 990. The van der Waals surface area contributed by atoms with Crippen LogP contribution in [0.25, 0.3) is 0 Å². The van der Waals surface area contributed by atoms with E-state index in [1.165, 1.54) is 23.5 Å². The van der Waals surface area contributed by atoms with E-state index in [4.69, 9.17) is 14.2 Å². The van der Waals surface area contributed by atoms with E-state index in [1.54, 1.807) is 37.4 Å². The van der Waals surface area contributed by atoms with Crippen LogP contribution in [-0.4, -0.2) is 65.7 Å². The van der Waals surface area contributed by atoms with Gasteiger partial charge in [0.1, 0.15) is 11.5 Å². The second-order valence-electron chi connectivity index (χ2n) is 6.51. The number of rotatable bonds is 8. The third-order valence-corrected chi connectivity index (χ3v) is 6.47. The van der Waals surface area contributed by atoms with Crippen LogP contribution in [0.3, 0.4) is 0 Å². The smallest absolute Gasteiger partial charge is 0.243 e. The fourth-order valence-corrected chi connectivity index (χ4v) is 4.44. The molecule has 1 heterocycles. The van der Waals surface area contributed by atoms with Gasteiger partial charge in [-0.05, 0) is 30.3 Å². The van der Waals surface area contributed by atoms with Gasteiger partial charge in [-0.2, -0.15) is 4.31 Å². The number of sulfonamides is 1. The number of anilines is 2. The molecule has 9 nitrogen and oxygen atoms in total. The Labute approximate surface area is 176 Å². The van der Waals surface area contributed by atoms with Gasteiger partial charge in [0.25, 0.3) is 0 Å². The minimum atomic E-state index is -3.60. The molecule has 0 unspecified atom stereocenters. The summed E-state index contributed by atoms with van der Waals surface area (Å²) in [7, 11) is -0.554. The summed E-state index contributed by atoms with van der Waals surface area (Å²) < 4.78 is 42.6. The fraction of sp³-hybridized carbons (Fsp3) is 0.350. The summed E-state index contributed by atoms with van der Waals surface area (Å²) in [6.07, 6.45) is 0.